The van der Waals surface area contributed by atoms with Crippen molar-refractivity contribution >= 4 is 0 Å². The summed E-state index contributed by atoms with van der Waals surface area (Å²) in [6.07, 6.45) is 0.846. The first kappa shape index (κ1) is 15.1. The lowest BCUT2D eigenvalue weighted by atomic mass is 10.0. The molecule has 102 valence electrons. The molecule has 1 aromatic rings. The summed E-state index contributed by atoms with van der Waals surface area (Å²) in [4.78, 5) is 0. The summed E-state index contributed by atoms with van der Waals surface area (Å²) in [5, 5.41) is 3.30. The van der Waals surface area contributed by atoms with Crippen molar-refractivity contribution in [3.63, 3.8) is 0 Å². The highest BCUT2D eigenvalue weighted by molar-refractivity contribution is 5.20. The second-order valence-electron chi connectivity index (χ2n) is 4.04. The van der Waals surface area contributed by atoms with E-state index in [9.17, 15) is 4.39 Å². The molecule has 0 aliphatic rings. The first-order valence-corrected chi connectivity index (χ1v) is 6.34. The van der Waals surface area contributed by atoms with Crippen molar-refractivity contribution in [3.05, 3.63) is 35.6 Å². The number of halogens is 1. The van der Waals surface area contributed by atoms with Gasteiger partial charge in [0.25, 0.3) is 0 Å². The Balaban J connectivity index is 2.32. The number of hydrogen-bond acceptors (Lipinski definition) is 3. The first-order chi connectivity index (χ1) is 8.79. The highest BCUT2D eigenvalue weighted by Gasteiger charge is 2.12. The predicted molar refractivity (Wildman–Crippen MR) is 70.1 cm³/mol. The second-order valence-corrected chi connectivity index (χ2v) is 4.04. The van der Waals surface area contributed by atoms with Gasteiger partial charge in [-0.3, -0.25) is 0 Å². The number of nitrogens with one attached hydrogen (secondary N) is 1. The molecule has 3 nitrogen and oxygen atoms in total. The molecule has 1 unspecified atom stereocenters. The van der Waals surface area contributed by atoms with Crippen molar-refractivity contribution < 1.29 is 13.9 Å². The van der Waals surface area contributed by atoms with Crippen molar-refractivity contribution in [2.45, 2.75) is 19.4 Å². The molecule has 0 aromatic heterocycles. The SMILES string of the molecule is CCC(NCCOCCOC)c1ccccc1F. The number of methoxy groups -OCH3 is 1. The van der Waals surface area contributed by atoms with Crippen LogP contribution in [0.25, 0.3) is 0 Å². The fraction of sp³-hybridized carbons (Fsp3) is 0.571. The Morgan fingerprint density at radius 2 is 2.00 bits per heavy atom. The first-order valence-electron chi connectivity index (χ1n) is 6.34. The molecule has 0 spiro atoms. The third kappa shape index (κ3) is 5.12. The molecule has 4 heteroatoms. The van der Waals surface area contributed by atoms with E-state index in [0.717, 1.165) is 12.0 Å². The van der Waals surface area contributed by atoms with Crippen LogP contribution in [-0.2, 0) is 9.47 Å². The lowest BCUT2D eigenvalue weighted by Crippen LogP contribution is -2.26. The Hall–Kier alpha value is -0.970. The highest BCUT2D eigenvalue weighted by Crippen LogP contribution is 2.19. The molecule has 0 fully saturated rings. The molecule has 0 bridgehead atoms. The van der Waals surface area contributed by atoms with E-state index >= 15 is 0 Å². The topological polar surface area (TPSA) is 30.5 Å². The van der Waals surface area contributed by atoms with Gasteiger partial charge in [0.05, 0.1) is 19.8 Å². The van der Waals surface area contributed by atoms with Gasteiger partial charge >= 0.3 is 0 Å². The molecule has 0 saturated carbocycles. The molecule has 0 aliphatic heterocycles. The monoisotopic (exact) mass is 255 g/mol. The van der Waals surface area contributed by atoms with Crippen LogP contribution in [0.1, 0.15) is 24.9 Å². The average molecular weight is 255 g/mol. The minimum atomic E-state index is -0.155. The van der Waals surface area contributed by atoms with Crippen LogP contribution in [0.15, 0.2) is 24.3 Å². The van der Waals surface area contributed by atoms with Crippen LogP contribution in [0.3, 0.4) is 0 Å². The van der Waals surface area contributed by atoms with Crippen molar-refractivity contribution in [1.29, 1.82) is 0 Å². The van der Waals surface area contributed by atoms with E-state index in [1.807, 2.05) is 19.1 Å². The van der Waals surface area contributed by atoms with Crippen molar-refractivity contribution in [2.75, 3.05) is 33.5 Å². The van der Waals surface area contributed by atoms with Gasteiger partial charge in [-0.15, -0.1) is 0 Å². The fourth-order valence-electron chi connectivity index (χ4n) is 1.78. The number of hydrogen-bond donors (Lipinski definition) is 1. The van der Waals surface area contributed by atoms with Gasteiger partial charge in [-0.1, -0.05) is 25.1 Å². The number of rotatable bonds is 9. The van der Waals surface area contributed by atoms with E-state index in [-0.39, 0.29) is 11.9 Å². The Morgan fingerprint density at radius 1 is 1.22 bits per heavy atom. The van der Waals surface area contributed by atoms with Crippen LogP contribution >= 0.6 is 0 Å². The zero-order valence-electron chi connectivity index (χ0n) is 11.1. The average Bonchev–Trinajstić information content (AvgIpc) is 2.39. The zero-order valence-corrected chi connectivity index (χ0v) is 11.1. The van der Waals surface area contributed by atoms with Gasteiger partial charge in [0.2, 0.25) is 0 Å². The molecule has 18 heavy (non-hydrogen) atoms. The molecule has 0 radical (unpaired) electrons. The Morgan fingerprint density at radius 3 is 2.67 bits per heavy atom. The Labute approximate surface area is 108 Å². The summed E-state index contributed by atoms with van der Waals surface area (Å²) >= 11 is 0. The van der Waals surface area contributed by atoms with Gasteiger partial charge in [0.15, 0.2) is 0 Å². The number of ether oxygens (including phenoxy) is 2. The summed E-state index contributed by atoms with van der Waals surface area (Å²) in [5.41, 5.74) is 0.719. The molecule has 1 aromatic carbocycles. The van der Waals surface area contributed by atoms with Gasteiger partial charge in [0.1, 0.15) is 5.82 Å². The number of benzene rings is 1. The standard InChI is InChI=1S/C14H22FNO2/c1-3-14(12-6-4-5-7-13(12)15)16-8-9-18-11-10-17-2/h4-7,14,16H,3,8-11H2,1-2H3. The third-order valence-corrected chi connectivity index (χ3v) is 2.76. The molecule has 0 heterocycles. The molecular weight excluding hydrogens is 233 g/mol. The molecule has 0 amide bonds. The van der Waals surface area contributed by atoms with Crippen LogP contribution in [-0.4, -0.2) is 33.5 Å². The highest BCUT2D eigenvalue weighted by atomic mass is 19.1. The van der Waals surface area contributed by atoms with Crippen molar-refractivity contribution in [3.8, 4) is 0 Å². The minimum Gasteiger partial charge on any atom is -0.382 e. The van der Waals surface area contributed by atoms with E-state index in [1.54, 1.807) is 13.2 Å². The largest absolute Gasteiger partial charge is 0.382 e. The van der Waals surface area contributed by atoms with Crippen LogP contribution in [0, 0.1) is 5.82 Å². The molecular formula is C14H22FNO2. The van der Waals surface area contributed by atoms with E-state index in [2.05, 4.69) is 5.32 Å². The molecule has 0 saturated heterocycles. The van der Waals surface area contributed by atoms with Crippen LogP contribution < -0.4 is 5.32 Å². The summed E-state index contributed by atoms with van der Waals surface area (Å²) in [6, 6.07) is 6.92. The van der Waals surface area contributed by atoms with E-state index in [1.165, 1.54) is 6.07 Å². The van der Waals surface area contributed by atoms with Crippen LogP contribution in [0.4, 0.5) is 4.39 Å². The van der Waals surface area contributed by atoms with Crippen molar-refractivity contribution in [2.24, 2.45) is 0 Å². The lowest BCUT2D eigenvalue weighted by Gasteiger charge is -2.18. The second kappa shape index (κ2) is 9.03. The normalized spacial score (nSPS) is 12.6. The van der Waals surface area contributed by atoms with Gasteiger partial charge in [0, 0.05) is 25.3 Å². The van der Waals surface area contributed by atoms with Crippen molar-refractivity contribution in [1.82, 2.24) is 5.32 Å². The maximum absolute atomic E-state index is 13.6. The third-order valence-electron chi connectivity index (χ3n) is 2.76. The maximum Gasteiger partial charge on any atom is 0.127 e. The van der Waals surface area contributed by atoms with E-state index in [4.69, 9.17) is 9.47 Å². The zero-order chi connectivity index (χ0) is 13.2. The van der Waals surface area contributed by atoms with Gasteiger partial charge in [-0.25, -0.2) is 4.39 Å². The van der Waals surface area contributed by atoms with Gasteiger partial charge < -0.3 is 14.8 Å². The summed E-state index contributed by atoms with van der Waals surface area (Å²) < 4.78 is 23.8. The van der Waals surface area contributed by atoms with Gasteiger partial charge in [-0.2, -0.15) is 0 Å². The minimum absolute atomic E-state index is 0.0391. The van der Waals surface area contributed by atoms with E-state index < -0.39 is 0 Å². The van der Waals surface area contributed by atoms with E-state index in [0.29, 0.717) is 26.4 Å². The quantitative estimate of drug-likeness (QED) is 0.688. The summed E-state index contributed by atoms with van der Waals surface area (Å²) in [7, 11) is 1.65. The summed E-state index contributed by atoms with van der Waals surface area (Å²) in [6.45, 7) is 4.54. The molecule has 1 N–H and O–H groups in total. The smallest absolute Gasteiger partial charge is 0.127 e. The Bertz CT molecular complexity index is 333. The summed E-state index contributed by atoms with van der Waals surface area (Å²) in [5.74, 6) is -0.155. The van der Waals surface area contributed by atoms with Crippen LogP contribution in [0.2, 0.25) is 0 Å². The van der Waals surface area contributed by atoms with Gasteiger partial charge in [-0.05, 0) is 12.5 Å². The molecule has 1 rings (SSSR count). The predicted octanol–water partition coefficient (Wildman–Crippen LogP) is 2.53. The lowest BCUT2D eigenvalue weighted by molar-refractivity contribution is 0.0709. The molecule has 0 aliphatic carbocycles. The maximum atomic E-state index is 13.6. The fourth-order valence-corrected chi connectivity index (χ4v) is 1.78. The van der Waals surface area contributed by atoms with Crippen LogP contribution in [0.5, 0.6) is 0 Å². The Kier molecular flexibility index (Phi) is 7.57. The molecule has 1 atom stereocenters.